The predicted molar refractivity (Wildman–Crippen MR) is 116 cm³/mol. The minimum Gasteiger partial charge on any atom is -0.475 e. The highest BCUT2D eigenvalue weighted by Crippen LogP contribution is 2.30. The van der Waals surface area contributed by atoms with E-state index >= 15 is 0 Å². The molecule has 31 heavy (non-hydrogen) atoms. The number of benzene rings is 1. The van der Waals surface area contributed by atoms with Crippen molar-refractivity contribution in [2.75, 3.05) is 20.3 Å². The van der Waals surface area contributed by atoms with Crippen LogP contribution in [0.1, 0.15) is 20.9 Å². The summed E-state index contributed by atoms with van der Waals surface area (Å²) in [4.78, 5) is 18.4. The SMILES string of the molecule is COCCOc1ncccc1CNC(=O)c1cc2c(C)nn(-c3ccc(F)cc3)c2s1. The number of halogens is 1. The fourth-order valence-corrected chi connectivity index (χ4v) is 4.19. The third-order valence-corrected chi connectivity index (χ3v) is 5.76. The number of pyridine rings is 1. The van der Waals surface area contributed by atoms with Gasteiger partial charge in [-0.3, -0.25) is 4.79 Å². The lowest BCUT2D eigenvalue weighted by atomic mass is 10.2. The van der Waals surface area contributed by atoms with Crippen LogP contribution in [0, 0.1) is 12.7 Å². The van der Waals surface area contributed by atoms with E-state index in [4.69, 9.17) is 9.47 Å². The Morgan fingerprint density at radius 2 is 2.03 bits per heavy atom. The van der Waals surface area contributed by atoms with Crippen molar-refractivity contribution in [1.29, 1.82) is 0 Å². The maximum Gasteiger partial charge on any atom is 0.261 e. The molecule has 0 aliphatic heterocycles. The highest BCUT2D eigenvalue weighted by Gasteiger charge is 2.17. The Labute approximate surface area is 182 Å². The van der Waals surface area contributed by atoms with Crippen molar-refractivity contribution >= 4 is 27.5 Å². The van der Waals surface area contributed by atoms with E-state index in [2.05, 4.69) is 15.4 Å². The monoisotopic (exact) mass is 440 g/mol. The number of carbonyl (C=O) groups is 1. The molecule has 0 saturated heterocycles. The van der Waals surface area contributed by atoms with Crippen LogP contribution in [0.5, 0.6) is 5.88 Å². The molecule has 4 rings (SSSR count). The van der Waals surface area contributed by atoms with E-state index in [0.717, 1.165) is 27.2 Å². The summed E-state index contributed by atoms with van der Waals surface area (Å²) in [6, 6.07) is 11.6. The van der Waals surface area contributed by atoms with Gasteiger partial charge in [-0.1, -0.05) is 6.07 Å². The molecular formula is C22H21FN4O3S. The number of aromatic nitrogens is 3. The summed E-state index contributed by atoms with van der Waals surface area (Å²) in [5, 5.41) is 8.35. The number of hydrogen-bond donors (Lipinski definition) is 1. The molecule has 0 atom stereocenters. The van der Waals surface area contributed by atoms with Gasteiger partial charge in [0.25, 0.3) is 5.91 Å². The van der Waals surface area contributed by atoms with E-state index in [1.807, 2.05) is 19.1 Å². The Kier molecular flexibility index (Phi) is 6.24. The standard InChI is InChI=1S/C22H21FN4O3S/c1-14-18-12-19(31-22(18)27(26-14)17-7-5-16(23)6-8-17)20(28)25-13-15-4-3-9-24-21(15)30-11-10-29-2/h3-9,12H,10-11,13H2,1-2H3,(H,25,28). The normalized spacial score (nSPS) is 11.1. The number of hydrogen-bond acceptors (Lipinski definition) is 6. The van der Waals surface area contributed by atoms with Gasteiger partial charge in [0.2, 0.25) is 5.88 Å². The minimum atomic E-state index is -0.309. The van der Waals surface area contributed by atoms with Crippen molar-refractivity contribution in [3.8, 4) is 11.6 Å². The molecule has 0 aliphatic rings. The number of nitrogens with zero attached hydrogens (tertiary/aromatic N) is 3. The summed E-state index contributed by atoms with van der Waals surface area (Å²) < 4.78 is 25.6. The zero-order valence-corrected chi connectivity index (χ0v) is 17.9. The van der Waals surface area contributed by atoms with Crippen molar-refractivity contribution in [1.82, 2.24) is 20.1 Å². The molecule has 0 radical (unpaired) electrons. The number of rotatable bonds is 8. The molecule has 1 aromatic carbocycles. The molecule has 0 saturated carbocycles. The molecule has 3 aromatic heterocycles. The van der Waals surface area contributed by atoms with Crippen LogP contribution in [-0.2, 0) is 11.3 Å². The van der Waals surface area contributed by atoms with Gasteiger partial charge in [-0.05, 0) is 43.3 Å². The van der Waals surface area contributed by atoms with Gasteiger partial charge < -0.3 is 14.8 Å². The van der Waals surface area contributed by atoms with Gasteiger partial charge in [0.05, 0.1) is 22.9 Å². The van der Waals surface area contributed by atoms with Crippen molar-refractivity contribution in [2.24, 2.45) is 0 Å². The Morgan fingerprint density at radius 3 is 2.81 bits per heavy atom. The van der Waals surface area contributed by atoms with E-state index in [1.54, 1.807) is 36.2 Å². The smallest absolute Gasteiger partial charge is 0.261 e. The molecule has 7 nitrogen and oxygen atoms in total. The summed E-state index contributed by atoms with van der Waals surface area (Å²) in [5.41, 5.74) is 2.32. The summed E-state index contributed by atoms with van der Waals surface area (Å²) in [6.45, 7) is 3.00. The van der Waals surface area contributed by atoms with Gasteiger partial charge in [0, 0.05) is 30.8 Å². The Bertz CT molecular complexity index is 1200. The molecule has 4 aromatic rings. The van der Waals surface area contributed by atoms with E-state index < -0.39 is 0 Å². The van der Waals surface area contributed by atoms with Gasteiger partial charge in [0.1, 0.15) is 17.3 Å². The average molecular weight is 441 g/mol. The number of amides is 1. The number of ether oxygens (including phenoxy) is 2. The van der Waals surface area contributed by atoms with Crippen molar-refractivity contribution in [2.45, 2.75) is 13.5 Å². The molecule has 160 valence electrons. The van der Waals surface area contributed by atoms with Crippen LogP contribution in [0.4, 0.5) is 4.39 Å². The van der Waals surface area contributed by atoms with Crippen LogP contribution in [0.3, 0.4) is 0 Å². The Balaban J connectivity index is 1.52. The maximum atomic E-state index is 13.3. The molecule has 1 N–H and O–H groups in total. The quantitative estimate of drug-likeness (QED) is 0.421. The first-order valence-electron chi connectivity index (χ1n) is 9.65. The number of fused-ring (bicyclic) bond motifs is 1. The fraction of sp³-hybridized carbons (Fsp3) is 0.227. The summed E-state index contributed by atoms with van der Waals surface area (Å²) in [6.07, 6.45) is 1.64. The number of thiophene rings is 1. The second-order valence-electron chi connectivity index (χ2n) is 6.79. The third kappa shape index (κ3) is 4.57. The second kappa shape index (κ2) is 9.23. The van der Waals surface area contributed by atoms with Crippen LogP contribution in [0.25, 0.3) is 15.9 Å². The zero-order chi connectivity index (χ0) is 21.8. The number of nitrogens with one attached hydrogen (secondary N) is 1. The highest BCUT2D eigenvalue weighted by atomic mass is 32.1. The molecule has 3 heterocycles. The van der Waals surface area contributed by atoms with Crippen molar-refractivity contribution in [3.63, 3.8) is 0 Å². The summed E-state index contributed by atoms with van der Waals surface area (Å²) >= 11 is 1.34. The Hall–Kier alpha value is -3.30. The lowest BCUT2D eigenvalue weighted by molar-refractivity contribution is 0.0954. The molecule has 0 fully saturated rings. The lowest BCUT2D eigenvalue weighted by Gasteiger charge is -2.10. The minimum absolute atomic E-state index is 0.196. The largest absolute Gasteiger partial charge is 0.475 e. The average Bonchev–Trinajstić information content (AvgIpc) is 3.34. The predicted octanol–water partition coefficient (Wildman–Crippen LogP) is 3.88. The highest BCUT2D eigenvalue weighted by molar-refractivity contribution is 7.20. The van der Waals surface area contributed by atoms with Crippen LogP contribution < -0.4 is 10.1 Å². The molecule has 0 unspecified atom stereocenters. The van der Waals surface area contributed by atoms with Gasteiger partial charge in [-0.25, -0.2) is 14.1 Å². The molecular weight excluding hydrogens is 419 g/mol. The molecule has 0 spiro atoms. The van der Waals surface area contributed by atoms with Crippen molar-refractivity contribution < 1.29 is 18.7 Å². The first-order chi connectivity index (χ1) is 15.1. The van der Waals surface area contributed by atoms with Crippen LogP contribution in [-0.4, -0.2) is 41.0 Å². The number of methoxy groups -OCH3 is 1. The number of aryl methyl sites for hydroxylation is 1. The van der Waals surface area contributed by atoms with E-state index in [9.17, 15) is 9.18 Å². The number of carbonyl (C=O) groups excluding carboxylic acids is 1. The lowest BCUT2D eigenvalue weighted by Crippen LogP contribution is -2.22. The third-order valence-electron chi connectivity index (χ3n) is 4.66. The topological polar surface area (TPSA) is 78.3 Å². The van der Waals surface area contributed by atoms with Crippen molar-refractivity contribution in [3.05, 3.63) is 70.6 Å². The van der Waals surface area contributed by atoms with Crippen LogP contribution in [0.15, 0.2) is 48.7 Å². The van der Waals surface area contributed by atoms with Gasteiger partial charge >= 0.3 is 0 Å². The maximum absolute atomic E-state index is 13.3. The zero-order valence-electron chi connectivity index (χ0n) is 17.1. The fourth-order valence-electron chi connectivity index (χ4n) is 3.09. The van der Waals surface area contributed by atoms with E-state index in [0.29, 0.717) is 24.0 Å². The summed E-state index contributed by atoms with van der Waals surface area (Å²) in [7, 11) is 1.60. The van der Waals surface area contributed by atoms with E-state index in [1.165, 1.54) is 23.5 Å². The van der Waals surface area contributed by atoms with Crippen LogP contribution >= 0.6 is 11.3 Å². The molecule has 0 bridgehead atoms. The first kappa shape index (κ1) is 21.0. The summed E-state index contributed by atoms with van der Waals surface area (Å²) in [5.74, 6) is -0.0342. The van der Waals surface area contributed by atoms with Gasteiger partial charge in [-0.15, -0.1) is 11.3 Å². The molecule has 0 aliphatic carbocycles. The first-order valence-corrected chi connectivity index (χ1v) is 10.5. The Morgan fingerprint density at radius 1 is 1.23 bits per heavy atom. The molecule has 1 amide bonds. The van der Waals surface area contributed by atoms with Gasteiger partial charge in [-0.2, -0.15) is 5.10 Å². The van der Waals surface area contributed by atoms with E-state index in [-0.39, 0.29) is 18.3 Å². The van der Waals surface area contributed by atoms with Gasteiger partial charge in [0.15, 0.2) is 0 Å². The molecule has 9 heteroatoms. The second-order valence-corrected chi connectivity index (χ2v) is 7.83. The van der Waals surface area contributed by atoms with Crippen LogP contribution in [0.2, 0.25) is 0 Å².